The summed E-state index contributed by atoms with van der Waals surface area (Å²) < 4.78 is 0. The lowest BCUT2D eigenvalue weighted by Gasteiger charge is -2.42. The number of nitrogens with two attached hydrogens (primary N) is 1. The lowest BCUT2D eigenvalue weighted by molar-refractivity contribution is 0.0746. The minimum Gasteiger partial charge on any atom is -0.329 e. The lowest BCUT2D eigenvalue weighted by atomic mass is 9.92. The van der Waals surface area contributed by atoms with E-state index in [1.165, 1.54) is 45.1 Å². The van der Waals surface area contributed by atoms with Crippen LogP contribution in [0.4, 0.5) is 0 Å². The Morgan fingerprint density at radius 1 is 1.25 bits per heavy atom. The Labute approximate surface area is 102 Å². The zero-order valence-electron chi connectivity index (χ0n) is 11.4. The van der Waals surface area contributed by atoms with Gasteiger partial charge >= 0.3 is 0 Å². The third kappa shape index (κ3) is 4.06. The second kappa shape index (κ2) is 7.29. The summed E-state index contributed by atoms with van der Waals surface area (Å²) in [4.78, 5) is 2.67. The maximum absolute atomic E-state index is 5.95. The molecule has 0 aromatic rings. The van der Waals surface area contributed by atoms with Gasteiger partial charge in [0.15, 0.2) is 0 Å². The van der Waals surface area contributed by atoms with E-state index in [0.29, 0.717) is 6.04 Å². The first-order valence-electron chi connectivity index (χ1n) is 7.14. The zero-order chi connectivity index (χ0) is 12.0. The Morgan fingerprint density at radius 3 is 2.62 bits per heavy atom. The summed E-state index contributed by atoms with van der Waals surface area (Å²) in [6.07, 6.45) is 8.05. The molecule has 0 spiro atoms. The van der Waals surface area contributed by atoms with Crippen molar-refractivity contribution in [3.8, 4) is 0 Å². The summed E-state index contributed by atoms with van der Waals surface area (Å²) in [5, 5.41) is 0. The van der Waals surface area contributed by atoms with Crippen LogP contribution in [0.2, 0.25) is 0 Å². The van der Waals surface area contributed by atoms with Crippen molar-refractivity contribution in [3.63, 3.8) is 0 Å². The summed E-state index contributed by atoms with van der Waals surface area (Å²) in [6.45, 7) is 9.10. The number of hydrogen-bond donors (Lipinski definition) is 1. The van der Waals surface area contributed by atoms with Gasteiger partial charge in [0.1, 0.15) is 0 Å². The van der Waals surface area contributed by atoms with Crippen molar-refractivity contribution in [1.29, 1.82) is 0 Å². The van der Waals surface area contributed by atoms with Crippen molar-refractivity contribution < 1.29 is 0 Å². The van der Waals surface area contributed by atoms with Gasteiger partial charge in [-0.05, 0) is 32.1 Å². The molecule has 96 valence electrons. The van der Waals surface area contributed by atoms with Crippen molar-refractivity contribution in [1.82, 2.24) is 4.90 Å². The van der Waals surface area contributed by atoms with Gasteiger partial charge in [0.25, 0.3) is 0 Å². The van der Waals surface area contributed by atoms with E-state index in [2.05, 4.69) is 25.7 Å². The van der Waals surface area contributed by atoms with Gasteiger partial charge in [-0.25, -0.2) is 0 Å². The van der Waals surface area contributed by atoms with E-state index in [0.717, 1.165) is 18.5 Å². The normalized spacial score (nSPS) is 29.2. The molecule has 3 unspecified atom stereocenters. The highest BCUT2D eigenvalue weighted by molar-refractivity contribution is 4.83. The van der Waals surface area contributed by atoms with Gasteiger partial charge in [-0.1, -0.05) is 33.1 Å². The van der Waals surface area contributed by atoms with Crippen molar-refractivity contribution >= 4 is 0 Å². The molecule has 2 heteroatoms. The Bertz CT molecular complexity index is 182. The molecule has 0 amide bonds. The van der Waals surface area contributed by atoms with Crippen molar-refractivity contribution in [3.05, 3.63) is 0 Å². The molecule has 0 aromatic carbocycles. The van der Waals surface area contributed by atoms with Gasteiger partial charge < -0.3 is 5.73 Å². The van der Waals surface area contributed by atoms with Crippen molar-refractivity contribution in [2.24, 2.45) is 11.7 Å². The molecule has 16 heavy (non-hydrogen) atoms. The van der Waals surface area contributed by atoms with Gasteiger partial charge in [-0.15, -0.1) is 0 Å². The highest BCUT2D eigenvalue weighted by Crippen LogP contribution is 2.25. The Hall–Kier alpha value is -0.0800. The second-order valence-electron chi connectivity index (χ2n) is 5.61. The summed E-state index contributed by atoms with van der Waals surface area (Å²) in [6, 6.07) is 1.37. The van der Waals surface area contributed by atoms with Gasteiger partial charge in [0.05, 0.1) is 0 Å². The molecular formula is C14H30N2. The van der Waals surface area contributed by atoms with E-state index in [1.807, 2.05) is 0 Å². The number of rotatable bonds is 6. The number of piperidine rings is 1. The van der Waals surface area contributed by atoms with E-state index >= 15 is 0 Å². The van der Waals surface area contributed by atoms with Crippen LogP contribution in [0.1, 0.15) is 59.3 Å². The van der Waals surface area contributed by atoms with E-state index in [9.17, 15) is 0 Å². The lowest BCUT2D eigenvalue weighted by Crippen LogP contribution is -2.50. The van der Waals surface area contributed by atoms with E-state index in [1.54, 1.807) is 0 Å². The fraction of sp³-hybridized carbons (Fsp3) is 1.00. The molecule has 0 aromatic heterocycles. The SMILES string of the molecule is CCCCCC(CN)N1CC(C)CCC1C. The van der Waals surface area contributed by atoms with Crippen LogP contribution < -0.4 is 5.73 Å². The predicted molar refractivity (Wildman–Crippen MR) is 71.6 cm³/mol. The summed E-state index contributed by atoms with van der Waals surface area (Å²) in [5.41, 5.74) is 5.95. The quantitative estimate of drug-likeness (QED) is 0.705. The molecule has 1 aliphatic rings. The predicted octanol–water partition coefficient (Wildman–Crippen LogP) is 3.01. The first kappa shape index (κ1) is 14.0. The van der Waals surface area contributed by atoms with Crippen LogP contribution in [0, 0.1) is 5.92 Å². The van der Waals surface area contributed by atoms with Crippen LogP contribution in [0.3, 0.4) is 0 Å². The molecule has 1 saturated heterocycles. The van der Waals surface area contributed by atoms with Crippen LogP contribution in [0.5, 0.6) is 0 Å². The number of hydrogen-bond acceptors (Lipinski definition) is 2. The maximum Gasteiger partial charge on any atom is 0.0221 e. The van der Waals surface area contributed by atoms with E-state index in [-0.39, 0.29) is 0 Å². The molecule has 1 aliphatic heterocycles. The highest BCUT2D eigenvalue weighted by Gasteiger charge is 2.27. The van der Waals surface area contributed by atoms with Crippen LogP contribution >= 0.6 is 0 Å². The molecule has 1 heterocycles. The van der Waals surface area contributed by atoms with Crippen LogP contribution in [0.15, 0.2) is 0 Å². The first-order valence-corrected chi connectivity index (χ1v) is 7.14. The minimum absolute atomic E-state index is 0.629. The standard InChI is InChI=1S/C14H30N2/c1-4-5-6-7-14(10-15)16-11-12(2)8-9-13(16)3/h12-14H,4-11,15H2,1-3H3. The third-order valence-corrected chi connectivity index (χ3v) is 4.05. The molecule has 0 bridgehead atoms. The number of unbranched alkanes of at least 4 members (excludes halogenated alkanes) is 2. The topological polar surface area (TPSA) is 29.3 Å². The molecule has 3 atom stereocenters. The molecule has 2 N–H and O–H groups in total. The fourth-order valence-corrected chi connectivity index (χ4v) is 2.88. The largest absolute Gasteiger partial charge is 0.329 e. The maximum atomic E-state index is 5.95. The number of likely N-dealkylation sites (tertiary alicyclic amines) is 1. The van der Waals surface area contributed by atoms with Crippen LogP contribution in [0.25, 0.3) is 0 Å². The number of nitrogens with zero attached hydrogens (tertiary/aromatic N) is 1. The summed E-state index contributed by atoms with van der Waals surface area (Å²) >= 11 is 0. The van der Waals surface area contributed by atoms with Crippen LogP contribution in [-0.4, -0.2) is 30.1 Å². The molecule has 0 radical (unpaired) electrons. The van der Waals surface area contributed by atoms with Gasteiger partial charge in [-0.2, -0.15) is 0 Å². The van der Waals surface area contributed by atoms with Gasteiger partial charge in [-0.3, -0.25) is 4.90 Å². The molecule has 0 aliphatic carbocycles. The smallest absolute Gasteiger partial charge is 0.0221 e. The Kier molecular flexibility index (Phi) is 6.37. The monoisotopic (exact) mass is 226 g/mol. The van der Waals surface area contributed by atoms with Crippen molar-refractivity contribution in [2.45, 2.75) is 71.4 Å². The third-order valence-electron chi connectivity index (χ3n) is 4.05. The average molecular weight is 226 g/mol. The molecule has 2 nitrogen and oxygen atoms in total. The molecule has 1 rings (SSSR count). The summed E-state index contributed by atoms with van der Waals surface area (Å²) in [5.74, 6) is 0.858. The molecule has 1 fully saturated rings. The van der Waals surface area contributed by atoms with E-state index < -0.39 is 0 Å². The fourth-order valence-electron chi connectivity index (χ4n) is 2.88. The second-order valence-corrected chi connectivity index (χ2v) is 5.61. The average Bonchev–Trinajstić information content (AvgIpc) is 2.28. The van der Waals surface area contributed by atoms with Gasteiger partial charge in [0.2, 0.25) is 0 Å². The Balaban J connectivity index is 2.42. The molecular weight excluding hydrogens is 196 g/mol. The first-order chi connectivity index (χ1) is 7.69. The van der Waals surface area contributed by atoms with Gasteiger partial charge in [0, 0.05) is 25.2 Å². The summed E-state index contributed by atoms with van der Waals surface area (Å²) in [7, 11) is 0. The minimum atomic E-state index is 0.629. The van der Waals surface area contributed by atoms with E-state index in [4.69, 9.17) is 5.73 Å². The highest BCUT2D eigenvalue weighted by atomic mass is 15.2. The van der Waals surface area contributed by atoms with Crippen molar-refractivity contribution in [2.75, 3.05) is 13.1 Å². The zero-order valence-corrected chi connectivity index (χ0v) is 11.4. The molecule has 0 saturated carbocycles. The van der Waals surface area contributed by atoms with Crippen LogP contribution in [-0.2, 0) is 0 Å². The Morgan fingerprint density at radius 2 is 2.00 bits per heavy atom.